The van der Waals surface area contributed by atoms with Crippen LogP contribution in [0, 0.1) is 0 Å². The standard InChI is InChI=1S/C11H14Cl2N2O/c1-15-6-8-4-9(13)5-14-11(8)16-10(7-15)2-3-12/h4-5,10H,2-3,6-7H2,1H3. The van der Waals surface area contributed by atoms with Crippen LogP contribution in [-0.4, -0.2) is 35.5 Å². The third kappa shape index (κ3) is 2.78. The average Bonchev–Trinajstić information content (AvgIpc) is 2.36. The fourth-order valence-corrected chi connectivity index (χ4v) is 2.28. The molecule has 0 saturated carbocycles. The Bertz CT molecular complexity index is 373. The van der Waals surface area contributed by atoms with Gasteiger partial charge in [0.15, 0.2) is 0 Å². The van der Waals surface area contributed by atoms with E-state index in [-0.39, 0.29) is 6.10 Å². The molecule has 0 radical (unpaired) electrons. The normalized spacial score (nSPS) is 21.1. The lowest BCUT2D eigenvalue weighted by Crippen LogP contribution is -2.30. The van der Waals surface area contributed by atoms with Gasteiger partial charge in [0.1, 0.15) is 6.10 Å². The molecule has 0 bridgehead atoms. The van der Waals surface area contributed by atoms with Gasteiger partial charge in [-0.1, -0.05) is 11.6 Å². The molecule has 0 aromatic carbocycles. The van der Waals surface area contributed by atoms with E-state index in [0.717, 1.165) is 25.1 Å². The van der Waals surface area contributed by atoms with E-state index in [1.807, 2.05) is 6.07 Å². The van der Waals surface area contributed by atoms with Gasteiger partial charge in [-0.25, -0.2) is 4.98 Å². The Labute approximate surface area is 105 Å². The molecule has 2 rings (SSSR count). The molecule has 16 heavy (non-hydrogen) atoms. The minimum absolute atomic E-state index is 0.109. The molecular weight excluding hydrogens is 247 g/mol. The van der Waals surface area contributed by atoms with Gasteiger partial charge < -0.3 is 4.74 Å². The molecule has 1 aromatic heterocycles. The van der Waals surface area contributed by atoms with Crippen LogP contribution in [0.5, 0.6) is 5.88 Å². The third-order valence-corrected chi connectivity index (χ3v) is 2.98. The highest BCUT2D eigenvalue weighted by Crippen LogP contribution is 2.25. The molecule has 1 aliphatic heterocycles. The van der Waals surface area contributed by atoms with Crippen molar-refractivity contribution in [3.63, 3.8) is 0 Å². The lowest BCUT2D eigenvalue weighted by atomic mass is 10.2. The van der Waals surface area contributed by atoms with Crippen molar-refractivity contribution in [1.82, 2.24) is 9.88 Å². The Morgan fingerprint density at radius 1 is 1.62 bits per heavy atom. The number of hydrogen-bond donors (Lipinski definition) is 0. The minimum Gasteiger partial charge on any atom is -0.473 e. The molecule has 1 aliphatic rings. The number of alkyl halides is 1. The van der Waals surface area contributed by atoms with E-state index in [4.69, 9.17) is 27.9 Å². The molecule has 5 heteroatoms. The quantitative estimate of drug-likeness (QED) is 0.765. The molecule has 0 spiro atoms. The van der Waals surface area contributed by atoms with Crippen molar-refractivity contribution >= 4 is 23.2 Å². The SMILES string of the molecule is CN1Cc2cc(Cl)cnc2OC(CCCl)C1. The monoisotopic (exact) mass is 260 g/mol. The summed E-state index contributed by atoms with van der Waals surface area (Å²) < 4.78 is 5.83. The van der Waals surface area contributed by atoms with Crippen LogP contribution < -0.4 is 4.74 Å². The number of rotatable bonds is 2. The van der Waals surface area contributed by atoms with E-state index in [1.54, 1.807) is 6.20 Å². The van der Waals surface area contributed by atoms with Crippen molar-refractivity contribution in [3.05, 3.63) is 22.8 Å². The van der Waals surface area contributed by atoms with Crippen LogP contribution in [0.2, 0.25) is 5.02 Å². The summed E-state index contributed by atoms with van der Waals surface area (Å²) in [5.74, 6) is 1.28. The maximum absolute atomic E-state index is 5.92. The van der Waals surface area contributed by atoms with Crippen molar-refractivity contribution in [2.24, 2.45) is 0 Å². The number of nitrogens with zero attached hydrogens (tertiary/aromatic N) is 2. The van der Waals surface area contributed by atoms with Gasteiger partial charge in [-0.15, -0.1) is 11.6 Å². The highest BCUT2D eigenvalue weighted by molar-refractivity contribution is 6.30. The predicted molar refractivity (Wildman–Crippen MR) is 65.3 cm³/mol. The molecule has 0 saturated heterocycles. The molecule has 0 fully saturated rings. The molecule has 3 nitrogen and oxygen atoms in total. The third-order valence-electron chi connectivity index (χ3n) is 2.56. The van der Waals surface area contributed by atoms with E-state index in [0.29, 0.717) is 16.8 Å². The number of halogens is 2. The summed E-state index contributed by atoms with van der Waals surface area (Å²) in [5, 5.41) is 0.645. The Hall–Kier alpha value is -0.510. The van der Waals surface area contributed by atoms with E-state index in [1.165, 1.54) is 0 Å². The Morgan fingerprint density at radius 3 is 3.19 bits per heavy atom. The van der Waals surface area contributed by atoms with Crippen molar-refractivity contribution in [3.8, 4) is 5.88 Å². The molecule has 2 heterocycles. The molecule has 0 aliphatic carbocycles. The Morgan fingerprint density at radius 2 is 2.44 bits per heavy atom. The summed E-state index contributed by atoms with van der Waals surface area (Å²) in [7, 11) is 2.06. The van der Waals surface area contributed by atoms with Gasteiger partial charge in [-0.3, -0.25) is 4.90 Å². The zero-order chi connectivity index (χ0) is 11.5. The van der Waals surface area contributed by atoms with Crippen LogP contribution >= 0.6 is 23.2 Å². The predicted octanol–water partition coefficient (Wildman–Crippen LogP) is 2.56. The summed E-state index contributed by atoms with van der Waals surface area (Å²) in [5.41, 5.74) is 1.03. The lowest BCUT2D eigenvalue weighted by molar-refractivity contribution is 0.155. The lowest BCUT2D eigenvalue weighted by Gasteiger charge is -2.18. The first kappa shape index (κ1) is 12.0. The van der Waals surface area contributed by atoms with E-state index >= 15 is 0 Å². The Kier molecular flexibility index (Phi) is 3.90. The number of likely N-dealkylation sites (N-methyl/N-ethyl adjacent to an activating group) is 1. The van der Waals surface area contributed by atoms with E-state index < -0.39 is 0 Å². The van der Waals surface area contributed by atoms with E-state index in [2.05, 4.69) is 16.9 Å². The molecule has 1 unspecified atom stereocenters. The molecular formula is C11H14Cl2N2O. The second-order valence-corrected chi connectivity index (χ2v) is 4.85. The van der Waals surface area contributed by atoms with Crippen LogP contribution in [0.25, 0.3) is 0 Å². The van der Waals surface area contributed by atoms with Gasteiger partial charge in [0, 0.05) is 30.7 Å². The molecule has 0 N–H and O–H groups in total. The van der Waals surface area contributed by atoms with E-state index in [9.17, 15) is 0 Å². The van der Waals surface area contributed by atoms with Gasteiger partial charge in [0.05, 0.1) is 5.02 Å². The largest absolute Gasteiger partial charge is 0.473 e. The maximum Gasteiger partial charge on any atom is 0.218 e. The van der Waals surface area contributed by atoms with Crippen molar-refractivity contribution in [2.75, 3.05) is 19.5 Å². The summed E-state index contributed by atoms with van der Waals surface area (Å²) in [6.45, 7) is 1.67. The number of fused-ring (bicyclic) bond motifs is 1. The van der Waals surface area contributed by atoms with Crippen molar-refractivity contribution in [2.45, 2.75) is 19.1 Å². The molecule has 88 valence electrons. The number of ether oxygens (including phenoxy) is 1. The second kappa shape index (κ2) is 5.21. The topological polar surface area (TPSA) is 25.4 Å². The molecule has 1 aromatic rings. The first-order chi connectivity index (χ1) is 7.69. The van der Waals surface area contributed by atoms with Gasteiger partial charge in [0.2, 0.25) is 5.88 Å². The summed E-state index contributed by atoms with van der Waals surface area (Å²) in [4.78, 5) is 6.42. The van der Waals surface area contributed by atoms with Crippen LogP contribution in [0.1, 0.15) is 12.0 Å². The van der Waals surface area contributed by atoms with Crippen LogP contribution in [0.3, 0.4) is 0 Å². The molecule has 0 amide bonds. The first-order valence-electron chi connectivity index (χ1n) is 5.24. The maximum atomic E-state index is 5.92. The van der Waals surface area contributed by atoms with Crippen molar-refractivity contribution < 1.29 is 4.74 Å². The van der Waals surface area contributed by atoms with Crippen LogP contribution in [0.15, 0.2) is 12.3 Å². The summed E-state index contributed by atoms with van der Waals surface area (Å²) >= 11 is 11.7. The molecule has 1 atom stereocenters. The first-order valence-corrected chi connectivity index (χ1v) is 6.16. The number of pyridine rings is 1. The number of hydrogen-bond acceptors (Lipinski definition) is 3. The zero-order valence-corrected chi connectivity index (χ0v) is 10.6. The summed E-state index contributed by atoms with van der Waals surface area (Å²) in [6.07, 6.45) is 2.55. The summed E-state index contributed by atoms with van der Waals surface area (Å²) in [6, 6.07) is 1.91. The van der Waals surface area contributed by atoms with Crippen LogP contribution in [0.4, 0.5) is 0 Å². The fourth-order valence-electron chi connectivity index (χ4n) is 1.86. The highest BCUT2D eigenvalue weighted by atomic mass is 35.5. The fraction of sp³-hybridized carbons (Fsp3) is 0.545. The second-order valence-electron chi connectivity index (χ2n) is 4.03. The van der Waals surface area contributed by atoms with Crippen molar-refractivity contribution in [1.29, 1.82) is 0 Å². The van der Waals surface area contributed by atoms with Gasteiger partial charge in [-0.2, -0.15) is 0 Å². The smallest absolute Gasteiger partial charge is 0.218 e. The van der Waals surface area contributed by atoms with Gasteiger partial charge >= 0.3 is 0 Å². The highest BCUT2D eigenvalue weighted by Gasteiger charge is 2.21. The minimum atomic E-state index is 0.109. The Balaban J connectivity index is 2.24. The number of aromatic nitrogens is 1. The van der Waals surface area contributed by atoms with Gasteiger partial charge in [-0.05, 0) is 19.5 Å². The zero-order valence-electron chi connectivity index (χ0n) is 9.12. The van der Waals surface area contributed by atoms with Crippen LogP contribution in [-0.2, 0) is 6.54 Å². The average molecular weight is 261 g/mol. The van der Waals surface area contributed by atoms with Gasteiger partial charge in [0.25, 0.3) is 0 Å².